The van der Waals surface area contributed by atoms with Crippen molar-refractivity contribution in [3.05, 3.63) is 40.7 Å². The zero-order valence-electron chi connectivity index (χ0n) is 7.43. The number of hydrogen-bond donors (Lipinski definition) is 2. The second-order valence-corrected chi connectivity index (χ2v) is 2.83. The Morgan fingerprint density at radius 1 is 1.47 bits per heavy atom. The number of carbonyl (C=O) groups is 1. The van der Waals surface area contributed by atoms with Gasteiger partial charge in [0.2, 0.25) is 5.56 Å². The summed E-state index contributed by atoms with van der Waals surface area (Å²) in [5.74, 6) is -1.16. The predicted molar refractivity (Wildman–Crippen MR) is 49.5 cm³/mol. The van der Waals surface area contributed by atoms with Gasteiger partial charge in [0.1, 0.15) is 12.0 Å². The van der Waals surface area contributed by atoms with Gasteiger partial charge in [0, 0.05) is 6.07 Å². The van der Waals surface area contributed by atoms with Crippen molar-refractivity contribution < 1.29 is 14.3 Å². The SMILES string of the molecule is O=C(O)c1cc(-c2cocn2)[nH]c(=O)c1. The number of hydrogen-bond acceptors (Lipinski definition) is 4. The first-order valence-electron chi connectivity index (χ1n) is 4.03. The number of aromatic amines is 1. The Hall–Kier alpha value is -2.37. The van der Waals surface area contributed by atoms with E-state index in [1.54, 1.807) is 0 Å². The van der Waals surface area contributed by atoms with Crippen molar-refractivity contribution in [2.24, 2.45) is 0 Å². The minimum Gasteiger partial charge on any atom is -0.478 e. The van der Waals surface area contributed by atoms with Gasteiger partial charge in [-0.2, -0.15) is 0 Å². The van der Waals surface area contributed by atoms with Gasteiger partial charge in [0.15, 0.2) is 6.39 Å². The molecule has 0 aromatic carbocycles. The van der Waals surface area contributed by atoms with Gasteiger partial charge < -0.3 is 14.5 Å². The van der Waals surface area contributed by atoms with Gasteiger partial charge in [0.25, 0.3) is 0 Å². The van der Waals surface area contributed by atoms with Crippen LogP contribution in [0.15, 0.2) is 34.0 Å². The van der Waals surface area contributed by atoms with Crippen molar-refractivity contribution in [2.75, 3.05) is 0 Å². The van der Waals surface area contributed by atoms with Gasteiger partial charge in [0.05, 0.1) is 11.3 Å². The second-order valence-electron chi connectivity index (χ2n) is 2.83. The van der Waals surface area contributed by atoms with E-state index in [2.05, 4.69) is 9.97 Å². The van der Waals surface area contributed by atoms with E-state index >= 15 is 0 Å². The zero-order valence-corrected chi connectivity index (χ0v) is 7.43. The molecule has 0 aliphatic carbocycles. The highest BCUT2D eigenvalue weighted by Crippen LogP contribution is 2.13. The fourth-order valence-corrected chi connectivity index (χ4v) is 1.15. The first-order chi connectivity index (χ1) is 7.16. The number of carboxylic acid groups (broad SMARTS) is 1. The molecule has 2 aromatic rings. The van der Waals surface area contributed by atoms with Crippen LogP contribution < -0.4 is 5.56 Å². The Morgan fingerprint density at radius 3 is 2.87 bits per heavy atom. The molecule has 15 heavy (non-hydrogen) atoms. The van der Waals surface area contributed by atoms with Gasteiger partial charge in [-0.1, -0.05) is 0 Å². The topological polar surface area (TPSA) is 96.2 Å². The summed E-state index contributed by atoms with van der Waals surface area (Å²) < 4.78 is 4.73. The number of nitrogens with zero attached hydrogens (tertiary/aromatic N) is 1. The normalized spacial score (nSPS) is 10.1. The molecule has 2 aromatic heterocycles. The van der Waals surface area contributed by atoms with E-state index in [-0.39, 0.29) is 5.56 Å². The molecule has 0 bridgehead atoms. The van der Waals surface area contributed by atoms with Crippen LogP contribution in [0.3, 0.4) is 0 Å². The molecule has 0 spiro atoms. The van der Waals surface area contributed by atoms with E-state index in [9.17, 15) is 9.59 Å². The number of rotatable bonds is 2. The van der Waals surface area contributed by atoms with E-state index in [1.165, 1.54) is 18.7 Å². The maximum atomic E-state index is 11.1. The lowest BCUT2D eigenvalue weighted by Gasteiger charge is -1.97. The molecule has 0 radical (unpaired) electrons. The molecule has 0 atom stereocenters. The third kappa shape index (κ3) is 1.78. The molecule has 6 nitrogen and oxygen atoms in total. The van der Waals surface area contributed by atoms with Crippen LogP contribution in [-0.4, -0.2) is 21.0 Å². The molecule has 0 amide bonds. The molecular formula is C9H6N2O4. The van der Waals surface area contributed by atoms with E-state index < -0.39 is 11.5 Å². The minimum absolute atomic E-state index is 0.0863. The first kappa shape index (κ1) is 9.20. The number of carboxylic acids is 1. The Morgan fingerprint density at radius 2 is 2.27 bits per heavy atom. The largest absolute Gasteiger partial charge is 0.478 e. The van der Waals surface area contributed by atoms with Crippen LogP contribution in [0.1, 0.15) is 10.4 Å². The molecule has 0 aliphatic heterocycles. The number of aromatic nitrogens is 2. The molecule has 0 fully saturated rings. The molecule has 2 N–H and O–H groups in total. The molecule has 0 saturated carbocycles. The number of pyridine rings is 1. The molecule has 6 heteroatoms. The van der Waals surface area contributed by atoms with Crippen LogP contribution >= 0.6 is 0 Å². The van der Waals surface area contributed by atoms with Gasteiger partial charge in [-0.15, -0.1) is 0 Å². The van der Waals surface area contributed by atoms with Crippen LogP contribution in [0.5, 0.6) is 0 Å². The summed E-state index contributed by atoms with van der Waals surface area (Å²) in [6.07, 6.45) is 2.51. The van der Waals surface area contributed by atoms with Gasteiger partial charge in [-0.25, -0.2) is 9.78 Å². The number of H-pyrrole nitrogens is 1. The smallest absolute Gasteiger partial charge is 0.335 e. The van der Waals surface area contributed by atoms with E-state index in [1.807, 2.05) is 0 Å². The number of oxazole rings is 1. The molecule has 2 rings (SSSR count). The lowest BCUT2D eigenvalue weighted by Crippen LogP contribution is -2.10. The van der Waals surface area contributed by atoms with Crippen LogP contribution in [0, 0.1) is 0 Å². The van der Waals surface area contributed by atoms with Crippen molar-refractivity contribution >= 4 is 5.97 Å². The van der Waals surface area contributed by atoms with Crippen molar-refractivity contribution in [3.8, 4) is 11.4 Å². The Labute approximate surface area is 83.2 Å². The fourth-order valence-electron chi connectivity index (χ4n) is 1.15. The summed E-state index contributed by atoms with van der Waals surface area (Å²) >= 11 is 0. The highest BCUT2D eigenvalue weighted by molar-refractivity contribution is 5.88. The maximum Gasteiger partial charge on any atom is 0.335 e. The Bertz CT molecular complexity index is 541. The summed E-state index contributed by atoms with van der Waals surface area (Å²) in [7, 11) is 0. The second kappa shape index (κ2) is 3.41. The standard InChI is InChI=1S/C9H6N2O4/c12-8-2-5(9(13)14)1-6(11-8)7-3-15-4-10-7/h1-4H,(H,11,12)(H,13,14). The summed E-state index contributed by atoms with van der Waals surface area (Å²) in [5.41, 5.74) is 0.119. The molecule has 76 valence electrons. The van der Waals surface area contributed by atoms with E-state index in [0.717, 1.165) is 6.07 Å². The summed E-state index contributed by atoms with van der Waals surface area (Å²) in [6, 6.07) is 2.33. The lowest BCUT2D eigenvalue weighted by atomic mass is 10.2. The Kier molecular flexibility index (Phi) is 2.09. The number of aromatic carboxylic acids is 1. The van der Waals surface area contributed by atoms with Crippen molar-refractivity contribution in [2.45, 2.75) is 0 Å². The van der Waals surface area contributed by atoms with E-state index in [0.29, 0.717) is 11.4 Å². The van der Waals surface area contributed by atoms with Gasteiger partial charge >= 0.3 is 5.97 Å². The molecule has 0 unspecified atom stereocenters. The predicted octanol–water partition coefficient (Wildman–Crippen LogP) is 0.728. The first-order valence-corrected chi connectivity index (χ1v) is 4.03. The zero-order chi connectivity index (χ0) is 10.8. The molecule has 2 heterocycles. The lowest BCUT2D eigenvalue weighted by molar-refractivity contribution is 0.0696. The molecular weight excluding hydrogens is 200 g/mol. The van der Waals surface area contributed by atoms with Gasteiger partial charge in [-0.3, -0.25) is 4.79 Å². The third-order valence-electron chi connectivity index (χ3n) is 1.80. The maximum absolute atomic E-state index is 11.1. The average Bonchev–Trinajstić information content (AvgIpc) is 2.69. The average molecular weight is 206 g/mol. The van der Waals surface area contributed by atoms with Crippen molar-refractivity contribution in [1.82, 2.24) is 9.97 Å². The molecule has 0 aliphatic rings. The Balaban J connectivity index is 2.59. The monoisotopic (exact) mass is 206 g/mol. The summed E-state index contributed by atoms with van der Waals surface area (Å²) in [4.78, 5) is 28.1. The summed E-state index contributed by atoms with van der Waals surface area (Å²) in [5, 5.41) is 8.73. The van der Waals surface area contributed by atoms with Gasteiger partial charge in [-0.05, 0) is 6.07 Å². The fraction of sp³-hybridized carbons (Fsp3) is 0. The van der Waals surface area contributed by atoms with Crippen LogP contribution in [0.2, 0.25) is 0 Å². The number of nitrogens with one attached hydrogen (secondary N) is 1. The quantitative estimate of drug-likeness (QED) is 0.754. The van der Waals surface area contributed by atoms with Crippen molar-refractivity contribution in [1.29, 1.82) is 0 Å². The van der Waals surface area contributed by atoms with E-state index in [4.69, 9.17) is 9.52 Å². The highest BCUT2D eigenvalue weighted by Gasteiger charge is 2.08. The minimum atomic E-state index is -1.16. The highest BCUT2D eigenvalue weighted by atomic mass is 16.4. The van der Waals surface area contributed by atoms with Crippen LogP contribution in [-0.2, 0) is 0 Å². The summed E-state index contributed by atoms with van der Waals surface area (Å²) in [6.45, 7) is 0. The molecule has 0 saturated heterocycles. The third-order valence-corrected chi connectivity index (χ3v) is 1.80. The van der Waals surface area contributed by atoms with Crippen LogP contribution in [0.4, 0.5) is 0 Å². The van der Waals surface area contributed by atoms with Crippen LogP contribution in [0.25, 0.3) is 11.4 Å². The van der Waals surface area contributed by atoms with Crippen molar-refractivity contribution in [3.63, 3.8) is 0 Å².